The number of aryl methyl sites for hydroxylation is 1. The predicted octanol–water partition coefficient (Wildman–Crippen LogP) is 5.15. The first-order chi connectivity index (χ1) is 17.5. The van der Waals surface area contributed by atoms with Gasteiger partial charge in [0.25, 0.3) is 6.57 Å². The number of benzene rings is 1. The van der Waals surface area contributed by atoms with E-state index < -0.39 is 5.60 Å². The van der Waals surface area contributed by atoms with Crippen LogP contribution in [0, 0.1) is 13.5 Å². The molecular formula is C24H22N5O5S2+. The maximum absolute atomic E-state index is 11.0. The number of hydrogen-bond donors (Lipinski definition) is 1. The predicted molar refractivity (Wildman–Crippen MR) is 136 cm³/mol. The van der Waals surface area contributed by atoms with E-state index in [1.807, 2.05) is 19.2 Å². The second-order valence-corrected chi connectivity index (χ2v) is 10.6. The summed E-state index contributed by atoms with van der Waals surface area (Å²) in [5.74, 6) is 1.73. The molecule has 1 N–H and O–H groups in total. The van der Waals surface area contributed by atoms with Gasteiger partial charge in [-0.3, -0.25) is 0 Å². The van der Waals surface area contributed by atoms with Crippen molar-refractivity contribution in [3.8, 4) is 29.5 Å². The Morgan fingerprint density at radius 1 is 1.22 bits per heavy atom. The molecule has 0 radical (unpaired) electrons. The number of hydrogen-bond acceptors (Lipinski definition) is 10. The fourth-order valence-electron chi connectivity index (χ4n) is 4.17. The van der Waals surface area contributed by atoms with E-state index in [4.69, 9.17) is 25.2 Å². The smallest absolute Gasteiger partial charge is 0.421 e. The summed E-state index contributed by atoms with van der Waals surface area (Å²) >= 11 is 2.78. The van der Waals surface area contributed by atoms with E-state index >= 15 is 0 Å². The highest BCUT2D eigenvalue weighted by molar-refractivity contribution is 7.16. The topological polar surface area (TPSA) is 108 Å². The Morgan fingerprint density at radius 2 is 2.06 bits per heavy atom. The highest BCUT2D eigenvalue weighted by Gasteiger charge is 2.37. The van der Waals surface area contributed by atoms with Crippen LogP contribution in [0.2, 0.25) is 0 Å². The monoisotopic (exact) mass is 524 g/mol. The number of rotatable bonds is 6. The van der Waals surface area contributed by atoms with Crippen LogP contribution in [-0.4, -0.2) is 45.0 Å². The van der Waals surface area contributed by atoms with Crippen molar-refractivity contribution in [2.75, 3.05) is 20.3 Å². The number of thiazole rings is 1. The zero-order valence-electron chi connectivity index (χ0n) is 19.6. The Kier molecular flexibility index (Phi) is 5.65. The molecule has 0 saturated carbocycles. The van der Waals surface area contributed by atoms with Crippen molar-refractivity contribution in [2.45, 2.75) is 32.0 Å². The molecule has 12 heteroatoms. The first-order valence-corrected chi connectivity index (χ1v) is 12.9. The highest BCUT2D eigenvalue weighted by atomic mass is 32.1. The quantitative estimate of drug-likeness (QED) is 0.325. The van der Waals surface area contributed by atoms with Crippen molar-refractivity contribution < 1.29 is 23.7 Å². The summed E-state index contributed by atoms with van der Waals surface area (Å²) in [5.41, 5.74) is 0.773. The molecule has 4 aromatic heterocycles. The number of fused-ring (bicyclic) bond motifs is 2. The molecule has 6 rings (SSSR count). The van der Waals surface area contributed by atoms with Crippen LogP contribution in [-0.2, 0) is 16.9 Å². The molecular weight excluding hydrogens is 502 g/mol. The zero-order chi connectivity index (χ0) is 24.9. The van der Waals surface area contributed by atoms with Crippen molar-refractivity contribution in [3.05, 3.63) is 45.0 Å². The van der Waals surface area contributed by atoms with Crippen molar-refractivity contribution >= 4 is 43.6 Å². The number of methoxy groups -OCH3 is 1. The molecule has 1 aromatic carbocycles. The summed E-state index contributed by atoms with van der Waals surface area (Å²) in [5, 5.41) is 18.2. The third-order valence-electron chi connectivity index (χ3n) is 6.08. The lowest BCUT2D eigenvalue weighted by molar-refractivity contribution is -0.0681. The number of imidazole rings is 1. The lowest BCUT2D eigenvalue weighted by Gasteiger charge is -2.29. The average molecular weight is 525 g/mol. The lowest BCUT2D eigenvalue weighted by Crippen LogP contribution is -2.33. The van der Waals surface area contributed by atoms with Crippen LogP contribution in [0.1, 0.15) is 28.6 Å². The summed E-state index contributed by atoms with van der Waals surface area (Å²) in [7, 11) is 1.58. The summed E-state index contributed by atoms with van der Waals surface area (Å²) in [6.45, 7) is 8.63. The second kappa shape index (κ2) is 8.86. The first kappa shape index (κ1) is 22.9. The molecule has 36 heavy (non-hydrogen) atoms. The Balaban J connectivity index is 1.32. The van der Waals surface area contributed by atoms with Crippen LogP contribution in [0.4, 0.5) is 5.00 Å². The molecule has 10 nitrogen and oxygen atoms in total. The van der Waals surface area contributed by atoms with Gasteiger partial charge in [0.1, 0.15) is 45.0 Å². The average Bonchev–Trinajstić information content (AvgIpc) is 3.64. The van der Waals surface area contributed by atoms with Gasteiger partial charge >= 0.3 is 5.00 Å². The van der Waals surface area contributed by atoms with Crippen molar-refractivity contribution in [3.63, 3.8) is 0 Å². The lowest BCUT2D eigenvalue weighted by atomic mass is 9.95. The normalized spacial score (nSPS) is 15.4. The largest absolute Gasteiger partial charge is 0.496 e. The number of furan rings is 1. The maximum Gasteiger partial charge on any atom is 0.421 e. The molecule has 1 aliphatic rings. The van der Waals surface area contributed by atoms with Crippen LogP contribution in [0.5, 0.6) is 11.5 Å². The zero-order valence-corrected chi connectivity index (χ0v) is 21.2. The van der Waals surface area contributed by atoms with E-state index in [1.165, 1.54) is 22.7 Å². The fraction of sp³-hybridized carbons (Fsp3) is 0.333. The minimum absolute atomic E-state index is 0.102. The van der Waals surface area contributed by atoms with Crippen LogP contribution in [0.3, 0.4) is 0 Å². The maximum atomic E-state index is 11.0. The number of ether oxygens (including phenoxy) is 3. The second-order valence-electron chi connectivity index (χ2n) is 8.45. The van der Waals surface area contributed by atoms with Crippen LogP contribution in [0.25, 0.3) is 32.2 Å². The molecule has 184 valence electrons. The summed E-state index contributed by atoms with van der Waals surface area (Å²) in [4.78, 5) is 13.9. The minimum Gasteiger partial charge on any atom is -0.496 e. The van der Waals surface area contributed by atoms with Gasteiger partial charge in [-0.1, -0.05) is 11.3 Å². The van der Waals surface area contributed by atoms with E-state index in [1.54, 1.807) is 23.8 Å². The summed E-state index contributed by atoms with van der Waals surface area (Å²) in [6, 6.07) is 5.47. The van der Waals surface area contributed by atoms with Crippen molar-refractivity contribution in [2.24, 2.45) is 0 Å². The van der Waals surface area contributed by atoms with E-state index in [2.05, 4.69) is 19.9 Å². The standard InChI is InChI=1S/C24H22N5O5S2/c1-13-28-29-11-16(27-23(29)35-13)20-10-15-18(8-14(31-3)9-19(15)34-20)33-12-17-21(25-2)36-22(26-17)24(30)4-6-32-7-5-24/h2,8-11,30H,4-7,12H2,1,3H3/q+1. The van der Waals surface area contributed by atoms with Gasteiger partial charge in [0.2, 0.25) is 4.96 Å². The van der Waals surface area contributed by atoms with Gasteiger partial charge in [0.05, 0.1) is 18.7 Å². The Morgan fingerprint density at radius 3 is 2.81 bits per heavy atom. The molecule has 1 aliphatic heterocycles. The fourth-order valence-corrected chi connectivity index (χ4v) is 5.90. The van der Waals surface area contributed by atoms with E-state index in [9.17, 15) is 5.11 Å². The van der Waals surface area contributed by atoms with Crippen molar-refractivity contribution in [1.29, 1.82) is 0 Å². The Hall–Kier alpha value is -3.50. The molecule has 0 amide bonds. The molecule has 5 heterocycles. The SMILES string of the molecule is C#[N+]c1sc(C2(O)CCOCC2)nc1COc1cc(OC)cc2oc(-c3cn4nc(C)sc4n3)cc12. The molecule has 0 bridgehead atoms. The van der Waals surface area contributed by atoms with E-state index in [-0.39, 0.29) is 6.61 Å². The summed E-state index contributed by atoms with van der Waals surface area (Å²) in [6.07, 6.45) is 2.78. The van der Waals surface area contributed by atoms with Gasteiger partial charge < -0.3 is 23.7 Å². The van der Waals surface area contributed by atoms with Crippen LogP contribution >= 0.6 is 22.7 Å². The third-order valence-corrected chi connectivity index (χ3v) is 8.12. The third kappa shape index (κ3) is 4.00. The molecule has 0 spiro atoms. The Labute approximate surface area is 213 Å². The van der Waals surface area contributed by atoms with Crippen molar-refractivity contribution in [1.82, 2.24) is 19.6 Å². The van der Waals surface area contributed by atoms with Crippen LogP contribution in [0.15, 0.2) is 28.8 Å². The van der Waals surface area contributed by atoms with Gasteiger partial charge in [-0.05, 0) is 29.2 Å². The van der Waals surface area contributed by atoms with Gasteiger partial charge in [-0.25, -0.2) is 14.5 Å². The first-order valence-electron chi connectivity index (χ1n) is 11.2. The number of aromatic nitrogens is 4. The summed E-state index contributed by atoms with van der Waals surface area (Å²) < 4.78 is 24.9. The minimum atomic E-state index is -1.05. The highest BCUT2D eigenvalue weighted by Crippen LogP contribution is 2.41. The molecule has 1 fully saturated rings. The van der Waals surface area contributed by atoms with E-state index in [0.717, 1.165) is 15.4 Å². The molecule has 0 unspecified atom stereocenters. The van der Waals surface area contributed by atoms with E-state index in [0.29, 0.717) is 70.3 Å². The van der Waals surface area contributed by atoms with Gasteiger partial charge in [-0.2, -0.15) is 5.10 Å². The van der Waals surface area contributed by atoms with Gasteiger partial charge in [0.15, 0.2) is 11.5 Å². The Bertz CT molecular complexity index is 1590. The molecule has 0 atom stereocenters. The molecule has 1 saturated heterocycles. The van der Waals surface area contributed by atoms with Crippen LogP contribution < -0.4 is 9.47 Å². The number of aliphatic hydroxyl groups is 1. The molecule has 5 aromatic rings. The van der Waals surface area contributed by atoms with Gasteiger partial charge in [0, 0.05) is 38.2 Å². The molecule has 0 aliphatic carbocycles. The van der Waals surface area contributed by atoms with Gasteiger partial charge in [-0.15, -0.1) is 0 Å². The number of nitrogens with zero attached hydrogens (tertiary/aromatic N) is 5.